The molecule has 1 aliphatic rings. The molecule has 5 heteroatoms. The lowest BCUT2D eigenvalue weighted by molar-refractivity contribution is 0.585. The standard InChI is InChI=1S/C20H15N3S2/c1-14-7-9-15(10-8-14)18-17(13-22)19(24)25-20(23-18,11-12-21)16-5-3-2-4-6-16/h2-10,23H,11H2,1H3. The van der Waals surface area contributed by atoms with Gasteiger partial charge in [-0.05, 0) is 18.1 Å². The number of benzene rings is 2. The summed E-state index contributed by atoms with van der Waals surface area (Å²) < 4.78 is 0.510. The maximum atomic E-state index is 9.60. The molecule has 0 aromatic heterocycles. The first-order valence-electron chi connectivity index (χ1n) is 7.75. The number of hydrogen-bond donors (Lipinski definition) is 1. The predicted molar refractivity (Wildman–Crippen MR) is 105 cm³/mol. The molecule has 0 aliphatic carbocycles. The van der Waals surface area contributed by atoms with Crippen LogP contribution in [0.1, 0.15) is 23.1 Å². The second-order valence-electron chi connectivity index (χ2n) is 5.77. The number of nitriles is 2. The van der Waals surface area contributed by atoms with Gasteiger partial charge in [-0.25, -0.2) is 0 Å². The predicted octanol–water partition coefficient (Wildman–Crippen LogP) is 4.66. The van der Waals surface area contributed by atoms with Gasteiger partial charge in [-0.1, -0.05) is 84.1 Å². The molecule has 1 N–H and O–H groups in total. The Balaban J connectivity index is 2.16. The Bertz CT molecular complexity index is 918. The summed E-state index contributed by atoms with van der Waals surface area (Å²) in [4.78, 5) is -0.701. The van der Waals surface area contributed by atoms with Crippen LogP contribution >= 0.6 is 24.0 Å². The van der Waals surface area contributed by atoms with Crippen LogP contribution in [0.25, 0.3) is 5.70 Å². The normalized spacial score (nSPS) is 19.7. The Morgan fingerprint density at radius 1 is 1.08 bits per heavy atom. The van der Waals surface area contributed by atoms with Crippen LogP contribution in [0.4, 0.5) is 0 Å². The lowest BCUT2D eigenvalue weighted by atomic mass is 9.99. The highest BCUT2D eigenvalue weighted by atomic mass is 32.2. The van der Waals surface area contributed by atoms with Crippen LogP contribution < -0.4 is 5.32 Å². The Labute approximate surface area is 157 Å². The number of thiocarbonyl (C=S) groups is 1. The molecule has 0 fully saturated rings. The van der Waals surface area contributed by atoms with Crippen LogP contribution in [0.3, 0.4) is 0 Å². The Hall–Kier alpha value is -2.60. The van der Waals surface area contributed by atoms with Crippen molar-refractivity contribution in [2.75, 3.05) is 0 Å². The van der Waals surface area contributed by atoms with E-state index in [-0.39, 0.29) is 6.42 Å². The molecule has 25 heavy (non-hydrogen) atoms. The largest absolute Gasteiger partial charge is 0.364 e. The molecule has 2 aromatic rings. The second kappa shape index (κ2) is 7.11. The number of nitrogens with zero attached hydrogens (tertiary/aromatic N) is 2. The molecule has 122 valence electrons. The summed E-state index contributed by atoms with van der Waals surface area (Å²) in [6, 6.07) is 22.2. The minimum Gasteiger partial charge on any atom is -0.364 e. The maximum Gasteiger partial charge on any atom is 0.128 e. The van der Waals surface area contributed by atoms with E-state index in [0.717, 1.165) is 16.7 Å². The summed E-state index contributed by atoms with van der Waals surface area (Å²) in [5.41, 5.74) is 4.13. The summed E-state index contributed by atoms with van der Waals surface area (Å²) in [7, 11) is 0. The molecular formula is C20H15N3S2. The van der Waals surface area contributed by atoms with Crippen LogP contribution in [0.2, 0.25) is 0 Å². The van der Waals surface area contributed by atoms with Crippen molar-refractivity contribution < 1.29 is 0 Å². The van der Waals surface area contributed by atoms with E-state index >= 15 is 0 Å². The third-order valence-corrected chi connectivity index (χ3v) is 5.74. The van der Waals surface area contributed by atoms with Crippen molar-refractivity contribution in [1.29, 1.82) is 10.5 Å². The smallest absolute Gasteiger partial charge is 0.128 e. The van der Waals surface area contributed by atoms with Gasteiger partial charge in [-0.2, -0.15) is 10.5 Å². The molecule has 3 rings (SSSR count). The van der Waals surface area contributed by atoms with Crippen molar-refractivity contribution in [3.8, 4) is 12.1 Å². The molecule has 1 unspecified atom stereocenters. The van der Waals surface area contributed by atoms with Crippen molar-refractivity contribution in [2.45, 2.75) is 18.2 Å². The third-order valence-electron chi connectivity index (χ3n) is 4.07. The van der Waals surface area contributed by atoms with E-state index in [1.54, 1.807) is 0 Å². The first-order valence-corrected chi connectivity index (χ1v) is 8.97. The van der Waals surface area contributed by atoms with Gasteiger partial charge in [-0.3, -0.25) is 0 Å². The van der Waals surface area contributed by atoms with E-state index in [9.17, 15) is 10.5 Å². The fraction of sp³-hybridized carbons (Fsp3) is 0.150. The fourth-order valence-electron chi connectivity index (χ4n) is 2.77. The van der Waals surface area contributed by atoms with E-state index in [4.69, 9.17) is 12.2 Å². The van der Waals surface area contributed by atoms with Gasteiger partial charge >= 0.3 is 0 Å². The van der Waals surface area contributed by atoms with Crippen molar-refractivity contribution in [1.82, 2.24) is 5.32 Å². The molecule has 1 aliphatic heterocycles. The third kappa shape index (κ3) is 3.30. The molecule has 1 heterocycles. The van der Waals surface area contributed by atoms with Crippen LogP contribution in [0.15, 0.2) is 60.2 Å². The summed E-state index contributed by atoms with van der Waals surface area (Å²) in [6.07, 6.45) is 0.232. The van der Waals surface area contributed by atoms with Crippen LogP contribution in [-0.4, -0.2) is 4.20 Å². The molecule has 0 radical (unpaired) electrons. The molecule has 0 saturated carbocycles. The molecule has 0 saturated heterocycles. The van der Waals surface area contributed by atoms with Gasteiger partial charge in [-0.15, -0.1) is 0 Å². The molecule has 0 bridgehead atoms. The quantitative estimate of drug-likeness (QED) is 0.806. The van der Waals surface area contributed by atoms with Crippen molar-refractivity contribution in [2.24, 2.45) is 0 Å². The molecule has 2 aromatic carbocycles. The highest BCUT2D eigenvalue weighted by Crippen LogP contribution is 2.45. The first kappa shape index (κ1) is 17.2. The average Bonchev–Trinajstić information content (AvgIpc) is 2.63. The Morgan fingerprint density at radius 3 is 2.36 bits per heavy atom. The topological polar surface area (TPSA) is 59.6 Å². The van der Waals surface area contributed by atoms with Gasteiger partial charge in [0.15, 0.2) is 0 Å². The highest BCUT2D eigenvalue weighted by molar-refractivity contribution is 8.24. The zero-order valence-electron chi connectivity index (χ0n) is 13.6. The van der Waals surface area contributed by atoms with E-state index < -0.39 is 4.87 Å². The monoisotopic (exact) mass is 361 g/mol. The molecule has 1 atom stereocenters. The van der Waals surface area contributed by atoms with E-state index in [1.807, 2.05) is 61.5 Å². The first-order chi connectivity index (χ1) is 12.1. The number of thioether (sulfide) groups is 1. The van der Waals surface area contributed by atoms with Crippen LogP contribution in [0, 0.1) is 29.6 Å². The number of hydrogen-bond acceptors (Lipinski definition) is 5. The summed E-state index contributed by atoms with van der Waals surface area (Å²) in [5.74, 6) is 0. The Kier molecular flexibility index (Phi) is 4.90. The van der Waals surface area contributed by atoms with Crippen LogP contribution in [-0.2, 0) is 4.87 Å². The van der Waals surface area contributed by atoms with Crippen molar-refractivity contribution in [3.05, 3.63) is 76.9 Å². The van der Waals surface area contributed by atoms with Gasteiger partial charge in [0.25, 0.3) is 0 Å². The SMILES string of the molecule is Cc1ccc(C2=C(C#N)C(=S)SC(CC#N)(c3ccccc3)N2)cc1. The average molecular weight is 361 g/mol. The van der Waals surface area contributed by atoms with Gasteiger partial charge in [0, 0.05) is 0 Å². The van der Waals surface area contributed by atoms with Crippen molar-refractivity contribution >= 4 is 33.9 Å². The summed E-state index contributed by atoms with van der Waals surface area (Å²) in [5, 5.41) is 22.5. The van der Waals surface area contributed by atoms with Crippen LogP contribution in [0.5, 0.6) is 0 Å². The minimum absolute atomic E-state index is 0.232. The molecule has 0 amide bonds. The minimum atomic E-state index is -0.701. The summed E-state index contributed by atoms with van der Waals surface area (Å²) in [6.45, 7) is 2.02. The van der Waals surface area contributed by atoms with Gasteiger partial charge < -0.3 is 5.32 Å². The Morgan fingerprint density at radius 2 is 1.76 bits per heavy atom. The fourth-order valence-corrected chi connectivity index (χ4v) is 4.46. The number of nitrogens with one attached hydrogen (secondary N) is 1. The summed E-state index contributed by atoms with van der Waals surface area (Å²) >= 11 is 6.89. The maximum absolute atomic E-state index is 9.60. The lowest BCUT2D eigenvalue weighted by Crippen LogP contribution is -2.42. The molecule has 0 spiro atoms. The molecular weight excluding hydrogens is 346 g/mol. The zero-order valence-corrected chi connectivity index (χ0v) is 15.2. The zero-order chi connectivity index (χ0) is 17.9. The lowest BCUT2D eigenvalue weighted by Gasteiger charge is -2.38. The van der Waals surface area contributed by atoms with E-state index in [2.05, 4.69) is 17.5 Å². The number of rotatable bonds is 3. The van der Waals surface area contributed by atoms with Crippen molar-refractivity contribution in [3.63, 3.8) is 0 Å². The number of aryl methyl sites for hydroxylation is 1. The second-order valence-corrected chi connectivity index (χ2v) is 7.75. The van der Waals surface area contributed by atoms with Gasteiger partial charge in [0.05, 0.1) is 22.4 Å². The van der Waals surface area contributed by atoms with E-state index in [0.29, 0.717) is 15.5 Å². The van der Waals surface area contributed by atoms with Gasteiger partial charge in [0.1, 0.15) is 16.5 Å². The highest BCUT2D eigenvalue weighted by Gasteiger charge is 2.40. The van der Waals surface area contributed by atoms with Gasteiger partial charge in [0.2, 0.25) is 0 Å². The van der Waals surface area contributed by atoms with E-state index in [1.165, 1.54) is 11.8 Å². The molecule has 3 nitrogen and oxygen atoms in total.